The Balaban J connectivity index is 2.07. The van der Waals surface area contributed by atoms with Crippen LogP contribution in [0.5, 0.6) is 17.2 Å². The van der Waals surface area contributed by atoms with E-state index in [0.717, 1.165) is 17.1 Å². The smallest absolute Gasteiger partial charge is 0.241 e. The first-order valence-corrected chi connectivity index (χ1v) is 8.35. The van der Waals surface area contributed by atoms with Gasteiger partial charge in [-0.1, -0.05) is 18.2 Å². The summed E-state index contributed by atoms with van der Waals surface area (Å²) in [4.78, 5) is 14.6. The van der Waals surface area contributed by atoms with Gasteiger partial charge in [0.1, 0.15) is 17.2 Å². The summed E-state index contributed by atoms with van der Waals surface area (Å²) in [5.41, 5.74) is 1.63. The lowest BCUT2D eigenvalue weighted by Crippen LogP contribution is -2.39. The fourth-order valence-electron chi connectivity index (χ4n) is 2.57. The summed E-state index contributed by atoms with van der Waals surface area (Å²) in [5, 5.41) is 2.92. The summed E-state index contributed by atoms with van der Waals surface area (Å²) in [7, 11) is 6.72. The molecule has 0 saturated heterocycles. The van der Waals surface area contributed by atoms with Crippen molar-refractivity contribution in [3.8, 4) is 17.2 Å². The summed E-state index contributed by atoms with van der Waals surface area (Å²) in [5.74, 6) is 1.99. The van der Waals surface area contributed by atoms with Gasteiger partial charge >= 0.3 is 0 Å². The summed E-state index contributed by atoms with van der Waals surface area (Å²) in [6.07, 6.45) is 0. The zero-order valence-corrected chi connectivity index (χ0v) is 15.9. The monoisotopic (exact) mass is 358 g/mol. The Morgan fingerprint density at radius 1 is 1.04 bits per heavy atom. The fraction of sp³-hybridized carbons (Fsp3) is 0.350. The summed E-state index contributed by atoms with van der Waals surface area (Å²) in [6, 6.07) is 12.7. The van der Waals surface area contributed by atoms with E-state index in [1.54, 1.807) is 21.3 Å². The van der Waals surface area contributed by atoms with Crippen molar-refractivity contribution >= 4 is 11.6 Å². The van der Waals surface area contributed by atoms with Crippen molar-refractivity contribution in [2.75, 3.05) is 33.7 Å². The SMILES string of the molecule is COc1ccc(CN(C)[C@H](C)C(=O)Nc2ccccc2OC)c(OC)c1. The van der Waals surface area contributed by atoms with Crippen LogP contribution in [0, 0.1) is 0 Å². The number of nitrogens with zero attached hydrogens (tertiary/aromatic N) is 1. The van der Waals surface area contributed by atoms with E-state index in [-0.39, 0.29) is 11.9 Å². The molecule has 1 N–H and O–H groups in total. The van der Waals surface area contributed by atoms with Crippen LogP contribution >= 0.6 is 0 Å². The second-order valence-electron chi connectivity index (χ2n) is 5.96. The molecule has 0 heterocycles. The highest BCUT2D eigenvalue weighted by Gasteiger charge is 2.20. The van der Waals surface area contributed by atoms with E-state index in [2.05, 4.69) is 5.32 Å². The first kappa shape index (κ1) is 19.6. The van der Waals surface area contributed by atoms with E-state index in [9.17, 15) is 4.79 Å². The van der Waals surface area contributed by atoms with Crippen molar-refractivity contribution < 1.29 is 19.0 Å². The number of carbonyl (C=O) groups is 1. The van der Waals surface area contributed by atoms with Crippen LogP contribution in [-0.4, -0.2) is 45.2 Å². The third-order valence-electron chi connectivity index (χ3n) is 4.32. The number of methoxy groups -OCH3 is 3. The molecule has 0 spiro atoms. The van der Waals surface area contributed by atoms with E-state index < -0.39 is 0 Å². The highest BCUT2D eigenvalue weighted by molar-refractivity contribution is 5.95. The van der Waals surface area contributed by atoms with E-state index in [0.29, 0.717) is 18.0 Å². The molecule has 1 atom stereocenters. The van der Waals surface area contributed by atoms with Crippen molar-refractivity contribution in [1.82, 2.24) is 4.90 Å². The van der Waals surface area contributed by atoms with E-state index >= 15 is 0 Å². The Bertz CT molecular complexity index is 748. The van der Waals surface area contributed by atoms with Crippen molar-refractivity contribution in [2.45, 2.75) is 19.5 Å². The molecule has 2 aromatic rings. The lowest BCUT2D eigenvalue weighted by atomic mass is 10.1. The molecule has 0 aliphatic carbocycles. The third-order valence-corrected chi connectivity index (χ3v) is 4.32. The largest absolute Gasteiger partial charge is 0.497 e. The number of carbonyl (C=O) groups excluding carboxylic acids is 1. The molecule has 26 heavy (non-hydrogen) atoms. The molecule has 0 aliphatic rings. The average Bonchev–Trinajstić information content (AvgIpc) is 2.67. The molecule has 6 nitrogen and oxygen atoms in total. The van der Waals surface area contributed by atoms with Crippen LogP contribution in [0.2, 0.25) is 0 Å². The molecule has 0 bridgehead atoms. The van der Waals surface area contributed by atoms with E-state index in [1.807, 2.05) is 61.3 Å². The highest BCUT2D eigenvalue weighted by Crippen LogP contribution is 2.26. The van der Waals surface area contributed by atoms with Crippen LogP contribution in [0.1, 0.15) is 12.5 Å². The predicted octanol–water partition coefficient (Wildman–Crippen LogP) is 3.17. The molecule has 0 aromatic heterocycles. The second kappa shape index (κ2) is 9.10. The molecule has 6 heteroatoms. The molecule has 0 saturated carbocycles. The van der Waals surface area contributed by atoms with Crippen LogP contribution in [0.25, 0.3) is 0 Å². The number of ether oxygens (including phenoxy) is 3. The molecular weight excluding hydrogens is 332 g/mol. The van der Waals surface area contributed by atoms with E-state index in [1.165, 1.54) is 0 Å². The predicted molar refractivity (Wildman–Crippen MR) is 102 cm³/mol. The third kappa shape index (κ3) is 4.67. The van der Waals surface area contributed by atoms with Crippen molar-refractivity contribution in [3.63, 3.8) is 0 Å². The van der Waals surface area contributed by atoms with Gasteiger partial charge in [-0.3, -0.25) is 9.69 Å². The van der Waals surface area contributed by atoms with Crippen LogP contribution in [0.4, 0.5) is 5.69 Å². The first-order valence-electron chi connectivity index (χ1n) is 8.35. The standard InChI is InChI=1S/C20H26N2O4/c1-14(20(23)21-17-8-6-7-9-18(17)25-4)22(2)13-15-10-11-16(24-3)12-19(15)26-5/h6-12,14H,13H2,1-5H3,(H,21,23)/t14-/m1/s1. The molecule has 0 fully saturated rings. The Morgan fingerprint density at radius 2 is 1.73 bits per heavy atom. The Kier molecular flexibility index (Phi) is 6.86. The molecule has 2 rings (SSSR count). The Morgan fingerprint density at radius 3 is 2.38 bits per heavy atom. The number of amides is 1. The lowest BCUT2D eigenvalue weighted by Gasteiger charge is -2.25. The normalized spacial score (nSPS) is 11.8. The van der Waals surface area contributed by atoms with Gasteiger partial charge in [0.15, 0.2) is 0 Å². The number of nitrogens with one attached hydrogen (secondary N) is 1. The maximum atomic E-state index is 12.6. The van der Waals surface area contributed by atoms with Gasteiger partial charge in [-0.2, -0.15) is 0 Å². The maximum absolute atomic E-state index is 12.6. The molecular formula is C20H26N2O4. The van der Waals surface area contributed by atoms with Gasteiger partial charge in [0.25, 0.3) is 0 Å². The van der Waals surface area contributed by atoms with Gasteiger partial charge in [0, 0.05) is 18.2 Å². The number of benzene rings is 2. The zero-order chi connectivity index (χ0) is 19.1. The Labute approximate surface area is 154 Å². The number of hydrogen-bond acceptors (Lipinski definition) is 5. The van der Waals surface area contributed by atoms with Crippen LogP contribution in [-0.2, 0) is 11.3 Å². The van der Waals surface area contributed by atoms with Gasteiger partial charge < -0.3 is 19.5 Å². The molecule has 0 aliphatic heterocycles. The van der Waals surface area contributed by atoms with Crippen LogP contribution in [0.15, 0.2) is 42.5 Å². The summed E-state index contributed by atoms with van der Waals surface area (Å²) in [6.45, 7) is 2.43. The topological polar surface area (TPSA) is 60.0 Å². The van der Waals surface area contributed by atoms with Crippen LogP contribution in [0.3, 0.4) is 0 Å². The number of hydrogen-bond donors (Lipinski definition) is 1. The number of rotatable bonds is 8. The second-order valence-corrected chi connectivity index (χ2v) is 5.96. The molecule has 0 unspecified atom stereocenters. The fourth-order valence-corrected chi connectivity index (χ4v) is 2.57. The van der Waals surface area contributed by atoms with Gasteiger partial charge in [0.2, 0.25) is 5.91 Å². The van der Waals surface area contributed by atoms with Crippen LogP contribution < -0.4 is 19.5 Å². The van der Waals surface area contributed by atoms with Crippen molar-refractivity contribution in [2.24, 2.45) is 0 Å². The van der Waals surface area contributed by atoms with Gasteiger partial charge in [0.05, 0.1) is 33.1 Å². The Hall–Kier alpha value is -2.73. The van der Waals surface area contributed by atoms with Crippen molar-refractivity contribution in [3.05, 3.63) is 48.0 Å². The minimum Gasteiger partial charge on any atom is -0.497 e. The molecule has 0 radical (unpaired) electrons. The van der Waals surface area contributed by atoms with E-state index in [4.69, 9.17) is 14.2 Å². The molecule has 1 amide bonds. The summed E-state index contributed by atoms with van der Waals surface area (Å²) >= 11 is 0. The maximum Gasteiger partial charge on any atom is 0.241 e. The molecule has 2 aromatic carbocycles. The first-order chi connectivity index (χ1) is 12.5. The van der Waals surface area contributed by atoms with Crippen molar-refractivity contribution in [1.29, 1.82) is 0 Å². The summed E-state index contributed by atoms with van der Waals surface area (Å²) < 4.78 is 15.9. The minimum absolute atomic E-state index is 0.107. The lowest BCUT2D eigenvalue weighted by molar-refractivity contribution is -0.120. The number of para-hydroxylation sites is 2. The number of anilines is 1. The zero-order valence-electron chi connectivity index (χ0n) is 15.9. The highest BCUT2D eigenvalue weighted by atomic mass is 16.5. The number of likely N-dealkylation sites (N-methyl/N-ethyl adjacent to an activating group) is 1. The average molecular weight is 358 g/mol. The van der Waals surface area contributed by atoms with Gasteiger partial charge in [-0.15, -0.1) is 0 Å². The van der Waals surface area contributed by atoms with Gasteiger partial charge in [-0.05, 0) is 32.2 Å². The van der Waals surface area contributed by atoms with Gasteiger partial charge in [-0.25, -0.2) is 0 Å². The molecule has 140 valence electrons. The minimum atomic E-state index is -0.341. The quantitative estimate of drug-likeness (QED) is 0.785.